The molecule has 0 fully saturated rings. The molecule has 0 N–H and O–H groups in total. The molecule has 1 amide bonds. The number of carbonyl (C=O) groups is 1. The van der Waals surface area contributed by atoms with E-state index < -0.39 is 5.60 Å². The Morgan fingerprint density at radius 1 is 1.28 bits per heavy atom. The summed E-state index contributed by atoms with van der Waals surface area (Å²) in [4.78, 5) is 13.9. The van der Waals surface area contributed by atoms with Crippen molar-refractivity contribution in [1.82, 2.24) is 4.90 Å². The molecule has 0 heterocycles. The van der Waals surface area contributed by atoms with Gasteiger partial charge >= 0.3 is 6.09 Å². The molecule has 0 unspecified atom stereocenters. The fourth-order valence-corrected chi connectivity index (χ4v) is 2.40. The Bertz CT molecular complexity index is 558. The standard InChI is InChI=1S/C19H29ClFNO3/c1-14(2)22(18(23)25-19(3,4)5)10-6-7-11-24-13-15-12-16(20)8-9-17(15)21/h8-9,12,14H,6-7,10-11,13H2,1-5H3. The normalized spacial score (nSPS) is 11.7. The summed E-state index contributed by atoms with van der Waals surface area (Å²) < 4.78 is 24.5. The quantitative estimate of drug-likeness (QED) is 0.571. The highest BCUT2D eigenvalue weighted by atomic mass is 35.5. The molecule has 6 heteroatoms. The van der Waals surface area contributed by atoms with Crippen molar-refractivity contribution < 1.29 is 18.7 Å². The fourth-order valence-electron chi connectivity index (χ4n) is 2.20. The first-order valence-electron chi connectivity index (χ1n) is 8.61. The van der Waals surface area contributed by atoms with Crippen LogP contribution in [0.1, 0.15) is 53.0 Å². The van der Waals surface area contributed by atoms with Gasteiger partial charge in [-0.3, -0.25) is 0 Å². The summed E-state index contributed by atoms with van der Waals surface area (Å²) in [6, 6.07) is 4.48. The lowest BCUT2D eigenvalue weighted by Crippen LogP contribution is -2.41. The maximum absolute atomic E-state index is 13.6. The van der Waals surface area contributed by atoms with Gasteiger partial charge in [0.1, 0.15) is 11.4 Å². The minimum Gasteiger partial charge on any atom is -0.444 e. The maximum atomic E-state index is 13.6. The smallest absolute Gasteiger partial charge is 0.410 e. The molecule has 0 bridgehead atoms. The van der Waals surface area contributed by atoms with Crippen LogP contribution < -0.4 is 0 Å². The van der Waals surface area contributed by atoms with Crippen molar-refractivity contribution in [3.8, 4) is 0 Å². The number of rotatable bonds is 8. The first-order valence-corrected chi connectivity index (χ1v) is 8.99. The molecule has 0 aliphatic carbocycles. The summed E-state index contributed by atoms with van der Waals surface area (Å²) in [6.07, 6.45) is 1.26. The molecule has 1 aromatic carbocycles. The molecule has 0 saturated heterocycles. The molecular formula is C19H29ClFNO3. The Balaban J connectivity index is 2.32. The van der Waals surface area contributed by atoms with Crippen molar-refractivity contribution in [3.05, 3.63) is 34.6 Å². The number of hydrogen-bond acceptors (Lipinski definition) is 3. The highest BCUT2D eigenvalue weighted by molar-refractivity contribution is 6.30. The largest absolute Gasteiger partial charge is 0.444 e. The predicted octanol–water partition coefficient (Wildman–Crippen LogP) is 5.42. The van der Waals surface area contributed by atoms with E-state index in [4.69, 9.17) is 21.1 Å². The van der Waals surface area contributed by atoms with Crippen LogP contribution >= 0.6 is 11.6 Å². The van der Waals surface area contributed by atoms with Gasteiger partial charge in [0, 0.05) is 29.8 Å². The Morgan fingerprint density at radius 3 is 2.56 bits per heavy atom. The highest BCUT2D eigenvalue weighted by Gasteiger charge is 2.23. The van der Waals surface area contributed by atoms with E-state index >= 15 is 0 Å². The number of carbonyl (C=O) groups excluding carboxylic acids is 1. The fraction of sp³-hybridized carbons (Fsp3) is 0.632. The second-order valence-electron chi connectivity index (χ2n) is 7.26. The Morgan fingerprint density at radius 2 is 1.96 bits per heavy atom. The van der Waals surface area contributed by atoms with Crippen molar-refractivity contribution >= 4 is 17.7 Å². The van der Waals surface area contributed by atoms with Gasteiger partial charge in [0.15, 0.2) is 0 Å². The van der Waals surface area contributed by atoms with Crippen molar-refractivity contribution in [2.45, 2.75) is 65.7 Å². The topological polar surface area (TPSA) is 38.8 Å². The molecule has 25 heavy (non-hydrogen) atoms. The van der Waals surface area contributed by atoms with E-state index in [1.807, 2.05) is 34.6 Å². The van der Waals surface area contributed by atoms with Crippen molar-refractivity contribution in [2.75, 3.05) is 13.2 Å². The number of halogens is 2. The van der Waals surface area contributed by atoms with E-state index in [0.717, 1.165) is 12.8 Å². The van der Waals surface area contributed by atoms with E-state index in [2.05, 4.69) is 0 Å². The van der Waals surface area contributed by atoms with Crippen LogP contribution in [0.4, 0.5) is 9.18 Å². The van der Waals surface area contributed by atoms with Gasteiger partial charge < -0.3 is 14.4 Å². The molecule has 4 nitrogen and oxygen atoms in total. The minimum absolute atomic E-state index is 0.0660. The molecule has 1 aromatic rings. The second-order valence-corrected chi connectivity index (χ2v) is 7.70. The van der Waals surface area contributed by atoms with Gasteiger partial charge in [-0.1, -0.05) is 11.6 Å². The highest BCUT2D eigenvalue weighted by Crippen LogP contribution is 2.16. The number of benzene rings is 1. The average Bonchev–Trinajstić information content (AvgIpc) is 2.47. The molecular weight excluding hydrogens is 345 g/mol. The molecule has 0 aliphatic heterocycles. The van der Waals surface area contributed by atoms with Crippen molar-refractivity contribution in [1.29, 1.82) is 0 Å². The molecule has 0 radical (unpaired) electrons. The lowest BCUT2D eigenvalue weighted by atomic mass is 10.2. The van der Waals surface area contributed by atoms with Crippen molar-refractivity contribution in [3.63, 3.8) is 0 Å². The third-order valence-corrected chi connectivity index (χ3v) is 3.69. The van der Waals surface area contributed by atoms with E-state index in [1.54, 1.807) is 11.0 Å². The minimum atomic E-state index is -0.506. The number of amides is 1. The van der Waals surface area contributed by atoms with Gasteiger partial charge in [-0.15, -0.1) is 0 Å². The Kier molecular flexibility index (Phi) is 8.66. The Labute approximate surface area is 155 Å². The van der Waals surface area contributed by atoms with Crippen LogP contribution in [0, 0.1) is 5.82 Å². The average molecular weight is 374 g/mol. The Hall–Kier alpha value is -1.33. The second kappa shape index (κ2) is 9.97. The number of hydrogen-bond donors (Lipinski definition) is 0. The SMILES string of the molecule is CC(C)N(CCCCOCc1cc(Cl)ccc1F)C(=O)OC(C)(C)C. The van der Waals surface area contributed by atoms with Gasteiger partial charge in [-0.05, 0) is 65.7 Å². The summed E-state index contributed by atoms with van der Waals surface area (Å²) in [7, 11) is 0. The van der Waals surface area contributed by atoms with Gasteiger partial charge in [0.2, 0.25) is 0 Å². The third-order valence-electron chi connectivity index (χ3n) is 3.45. The summed E-state index contributed by atoms with van der Waals surface area (Å²) in [6.45, 7) is 10.8. The number of nitrogens with zero attached hydrogens (tertiary/aromatic N) is 1. The van der Waals surface area contributed by atoms with E-state index in [1.165, 1.54) is 12.1 Å². The zero-order valence-electron chi connectivity index (χ0n) is 15.8. The van der Waals surface area contributed by atoms with Gasteiger partial charge in [0.05, 0.1) is 6.61 Å². The van der Waals surface area contributed by atoms with Crippen LogP contribution in [0.2, 0.25) is 5.02 Å². The molecule has 0 saturated carbocycles. The zero-order chi connectivity index (χ0) is 19.0. The van der Waals surface area contributed by atoms with Gasteiger partial charge in [-0.25, -0.2) is 9.18 Å². The van der Waals surface area contributed by atoms with E-state index in [0.29, 0.717) is 23.7 Å². The van der Waals surface area contributed by atoms with Crippen LogP contribution in [-0.2, 0) is 16.1 Å². The van der Waals surface area contributed by atoms with Crippen LogP contribution in [0.3, 0.4) is 0 Å². The molecule has 0 aromatic heterocycles. The zero-order valence-corrected chi connectivity index (χ0v) is 16.5. The van der Waals surface area contributed by atoms with E-state index in [9.17, 15) is 9.18 Å². The molecule has 0 aliphatic rings. The number of unbranched alkanes of at least 4 members (excludes halogenated alkanes) is 1. The summed E-state index contributed by atoms with van der Waals surface area (Å²) >= 11 is 5.85. The number of ether oxygens (including phenoxy) is 2. The maximum Gasteiger partial charge on any atom is 0.410 e. The van der Waals surface area contributed by atoms with Crippen LogP contribution in [0.15, 0.2) is 18.2 Å². The van der Waals surface area contributed by atoms with Gasteiger partial charge in [-0.2, -0.15) is 0 Å². The molecule has 0 spiro atoms. The first-order chi connectivity index (χ1) is 11.6. The lowest BCUT2D eigenvalue weighted by Gasteiger charge is -2.30. The van der Waals surface area contributed by atoms with Crippen molar-refractivity contribution in [2.24, 2.45) is 0 Å². The van der Waals surface area contributed by atoms with Crippen LogP contribution in [-0.4, -0.2) is 35.8 Å². The monoisotopic (exact) mass is 373 g/mol. The molecule has 142 valence electrons. The molecule has 1 rings (SSSR count). The molecule has 0 atom stereocenters. The van der Waals surface area contributed by atoms with Crippen LogP contribution in [0.25, 0.3) is 0 Å². The van der Waals surface area contributed by atoms with Crippen LogP contribution in [0.5, 0.6) is 0 Å². The summed E-state index contributed by atoms with van der Waals surface area (Å²) in [5.41, 5.74) is -0.0565. The predicted molar refractivity (Wildman–Crippen MR) is 98.4 cm³/mol. The third kappa shape index (κ3) is 8.54. The van der Waals surface area contributed by atoms with Gasteiger partial charge in [0.25, 0.3) is 0 Å². The van der Waals surface area contributed by atoms with E-state index in [-0.39, 0.29) is 24.6 Å². The summed E-state index contributed by atoms with van der Waals surface area (Å²) in [5, 5.41) is 0.491. The lowest BCUT2D eigenvalue weighted by molar-refractivity contribution is 0.0180. The summed E-state index contributed by atoms with van der Waals surface area (Å²) in [5.74, 6) is -0.319. The first kappa shape index (κ1) is 21.7.